The van der Waals surface area contributed by atoms with Crippen molar-refractivity contribution in [2.45, 2.75) is 6.61 Å². The Morgan fingerprint density at radius 3 is 2.55 bits per heavy atom. The van der Waals surface area contributed by atoms with E-state index in [1.807, 2.05) is 24.3 Å². The number of rotatable bonds is 6. The molecule has 1 N–H and O–H groups in total. The van der Waals surface area contributed by atoms with E-state index < -0.39 is 5.91 Å². The summed E-state index contributed by atoms with van der Waals surface area (Å²) in [7, 11) is 0. The number of nitrogens with zero attached hydrogens (tertiary/aromatic N) is 1. The van der Waals surface area contributed by atoms with E-state index in [1.54, 1.807) is 36.4 Å². The zero-order valence-electron chi connectivity index (χ0n) is 15.8. The Morgan fingerprint density at radius 2 is 1.87 bits per heavy atom. The highest BCUT2D eigenvalue weighted by Crippen LogP contribution is 2.28. The molecule has 0 saturated carbocycles. The van der Waals surface area contributed by atoms with Crippen LogP contribution in [0.1, 0.15) is 11.1 Å². The van der Waals surface area contributed by atoms with E-state index in [9.17, 15) is 10.1 Å². The summed E-state index contributed by atoms with van der Waals surface area (Å²) in [6, 6.07) is 19.3. The largest absolute Gasteiger partial charge is 0.488 e. The van der Waals surface area contributed by atoms with Crippen LogP contribution in [0.2, 0.25) is 15.1 Å². The second-order valence-electron chi connectivity index (χ2n) is 6.36. The van der Waals surface area contributed by atoms with Gasteiger partial charge in [-0.3, -0.25) is 4.79 Å². The third-order valence-electron chi connectivity index (χ3n) is 4.09. The fourth-order valence-corrected chi connectivity index (χ4v) is 3.62. The van der Waals surface area contributed by atoms with Crippen LogP contribution in [0.5, 0.6) is 5.75 Å². The Morgan fingerprint density at radius 1 is 1.06 bits per heavy atom. The van der Waals surface area contributed by atoms with Gasteiger partial charge in [0.2, 0.25) is 0 Å². The van der Waals surface area contributed by atoms with Crippen LogP contribution in [-0.2, 0) is 11.4 Å². The first-order valence-electron chi connectivity index (χ1n) is 8.90. The maximum atomic E-state index is 12.5. The summed E-state index contributed by atoms with van der Waals surface area (Å²) in [5.74, 6) is 0.0641. The molecule has 0 heterocycles. The highest BCUT2D eigenvalue weighted by molar-refractivity contribution is 9.10. The van der Waals surface area contributed by atoms with Crippen molar-refractivity contribution in [3.8, 4) is 11.8 Å². The number of benzene rings is 3. The van der Waals surface area contributed by atoms with Crippen LogP contribution in [0.3, 0.4) is 0 Å². The zero-order chi connectivity index (χ0) is 22.4. The molecule has 0 bridgehead atoms. The minimum Gasteiger partial charge on any atom is -0.488 e. The number of carbonyl (C=O) groups excluding carboxylic acids is 1. The summed E-state index contributed by atoms with van der Waals surface area (Å²) >= 11 is 21.3. The lowest BCUT2D eigenvalue weighted by Crippen LogP contribution is -2.13. The second kappa shape index (κ2) is 10.7. The van der Waals surface area contributed by atoms with E-state index >= 15 is 0 Å². The molecule has 0 fully saturated rings. The average Bonchev–Trinajstić information content (AvgIpc) is 2.74. The smallest absolute Gasteiger partial charge is 0.266 e. The van der Waals surface area contributed by atoms with Gasteiger partial charge in [-0.05, 0) is 75.6 Å². The molecule has 0 radical (unpaired) electrons. The van der Waals surface area contributed by atoms with Gasteiger partial charge in [0.1, 0.15) is 24.0 Å². The van der Waals surface area contributed by atoms with Gasteiger partial charge >= 0.3 is 0 Å². The quantitative estimate of drug-likeness (QED) is 0.262. The van der Waals surface area contributed by atoms with Crippen molar-refractivity contribution in [1.82, 2.24) is 0 Å². The number of carbonyl (C=O) groups is 1. The topological polar surface area (TPSA) is 62.1 Å². The summed E-state index contributed by atoms with van der Waals surface area (Å²) in [4.78, 5) is 12.5. The van der Waals surface area contributed by atoms with Crippen molar-refractivity contribution in [3.63, 3.8) is 0 Å². The van der Waals surface area contributed by atoms with Gasteiger partial charge < -0.3 is 10.1 Å². The van der Waals surface area contributed by atoms with Crippen molar-refractivity contribution in [2.24, 2.45) is 0 Å². The minimum atomic E-state index is -0.557. The number of nitrogens with one attached hydrogen (secondary N) is 1. The third kappa shape index (κ3) is 6.49. The van der Waals surface area contributed by atoms with Crippen LogP contribution in [0, 0.1) is 11.3 Å². The molecule has 4 nitrogen and oxygen atoms in total. The summed E-state index contributed by atoms with van der Waals surface area (Å²) < 4.78 is 6.50. The maximum Gasteiger partial charge on any atom is 0.266 e. The molecular formula is C23H14BrCl3N2O2. The van der Waals surface area contributed by atoms with Gasteiger partial charge in [-0.15, -0.1) is 0 Å². The van der Waals surface area contributed by atoms with Gasteiger partial charge in [-0.1, -0.05) is 53.0 Å². The Bertz CT molecular complexity index is 1210. The van der Waals surface area contributed by atoms with E-state index in [-0.39, 0.29) is 5.57 Å². The van der Waals surface area contributed by atoms with E-state index in [0.29, 0.717) is 43.1 Å². The summed E-state index contributed by atoms with van der Waals surface area (Å²) in [6.07, 6.45) is 1.48. The monoisotopic (exact) mass is 534 g/mol. The van der Waals surface area contributed by atoms with Crippen LogP contribution in [0.25, 0.3) is 6.08 Å². The van der Waals surface area contributed by atoms with Gasteiger partial charge in [0, 0.05) is 10.7 Å². The van der Waals surface area contributed by atoms with Crippen molar-refractivity contribution in [3.05, 3.63) is 96.9 Å². The minimum absolute atomic E-state index is 0.0643. The molecule has 3 aromatic rings. The predicted molar refractivity (Wildman–Crippen MR) is 129 cm³/mol. The van der Waals surface area contributed by atoms with Crippen LogP contribution in [0.15, 0.2) is 70.7 Å². The molecule has 8 heteroatoms. The molecule has 3 aromatic carbocycles. The fourth-order valence-electron chi connectivity index (χ4n) is 2.60. The van der Waals surface area contributed by atoms with E-state index in [0.717, 1.165) is 5.56 Å². The Balaban J connectivity index is 1.71. The lowest BCUT2D eigenvalue weighted by atomic mass is 10.1. The average molecular weight is 537 g/mol. The van der Waals surface area contributed by atoms with Crippen LogP contribution >= 0.6 is 50.7 Å². The normalized spacial score (nSPS) is 11.0. The molecular weight excluding hydrogens is 523 g/mol. The van der Waals surface area contributed by atoms with E-state index in [1.165, 1.54) is 12.1 Å². The number of amides is 1. The summed E-state index contributed by atoms with van der Waals surface area (Å²) in [5, 5.41) is 13.4. The number of anilines is 1. The molecule has 31 heavy (non-hydrogen) atoms. The Hall–Kier alpha value is -2.49. The van der Waals surface area contributed by atoms with Gasteiger partial charge in [0.25, 0.3) is 5.91 Å². The van der Waals surface area contributed by atoms with Gasteiger partial charge in [-0.25, -0.2) is 0 Å². The Kier molecular flexibility index (Phi) is 8.00. The first-order chi connectivity index (χ1) is 14.9. The molecule has 1 amide bonds. The van der Waals surface area contributed by atoms with Gasteiger partial charge in [0.15, 0.2) is 0 Å². The number of hydrogen-bond donors (Lipinski definition) is 1. The molecule has 0 aliphatic heterocycles. The second-order valence-corrected chi connectivity index (χ2v) is 8.47. The molecule has 3 rings (SSSR count). The van der Waals surface area contributed by atoms with E-state index in [4.69, 9.17) is 39.5 Å². The molecule has 0 unspecified atom stereocenters. The zero-order valence-corrected chi connectivity index (χ0v) is 19.7. The fraction of sp³-hybridized carbons (Fsp3) is 0.0435. The standard InChI is InChI=1S/C23H14BrCl3N2O2/c24-19-10-14(4-7-22(19)31-13-15-2-1-3-17(25)9-15)8-16(12-28)23(30)29-18-5-6-20(26)21(27)11-18/h1-11H,13H2,(H,29,30)/b16-8+. The molecule has 0 aliphatic carbocycles. The van der Waals surface area contributed by atoms with Crippen molar-refractivity contribution in [1.29, 1.82) is 5.26 Å². The molecule has 0 aliphatic rings. The highest BCUT2D eigenvalue weighted by Gasteiger charge is 2.11. The maximum absolute atomic E-state index is 12.5. The Labute approximate surface area is 203 Å². The lowest BCUT2D eigenvalue weighted by molar-refractivity contribution is -0.112. The van der Waals surface area contributed by atoms with Crippen LogP contribution in [-0.4, -0.2) is 5.91 Å². The summed E-state index contributed by atoms with van der Waals surface area (Å²) in [6.45, 7) is 0.351. The first-order valence-corrected chi connectivity index (χ1v) is 10.8. The SMILES string of the molecule is N#C/C(=C\c1ccc(OCc2cccc(Cl)c2)c(Br)c1)C(=O)Nc1ccc(Cl)c(Cl)c1. The third-order valence-corrected chi connectivity index (χ3v) is 5.69. The van der Waals surface area contributed by atoms with Crippen LogP contribution < -0.4 is 10.1 Å². The van der Waals surface area contributed by atoms with Gasteiger partial charge in [0.05, 0.1) is 14.5 Å². The molecule has 156 valence electrons. The van der Waals surface area contributed by atoms with Crippen molar-refractivity contribution in [2.75, 3.05) is 5.32 Å². The first kappa shape index (κ1) is 23.2. The number of ether oxygens (including phenoxy) is 1. The molecule has 0 saturated heterocycles. The molecule has 0 atom stereocenters. The molecule has 0 aromatic heterocycles. The summed E-state index contributed by atoms with van der Waals surface area (Å²) in [5.41, 5.74) is 1.97. The molecule has 0 spiro atoms. The van der Waals surface area contributed by atoms with Gasteiger partial charge in [-0.2, -0.15) is 5.26 Å². The number of halogens is 4. The van der Waals surface area contributed by atoms with E-state index in [2.05, 4.69) is 21.2 Å². The van der Waals surface area contributed by atoms with Crippen molar-refractivity contribution >= 4 is 68.4 Å². The number of nitriles is 1. The predicted octanol–water partition coefficient (Wildman–Crippen LogP) is 7.53. The van der Waals surface area contributed by atoms with Crippen LogP contribution in [0.4, 0.5) is 5.69 Å². The lowest BCUT2D eigenvalue weighted by Gasteiger charge is -2.10. The highest BCUT2D eigenvalue weighted by atomic mass is 79.9. The number of hydrogen-bond acceptors (Lipinski definition) is 3. The van der Waals surface area contributed by atoms with Crippen molar-refractivity contribution < 1.29 is 9.53 Å².